The van der Waals surface area contributed by atoms with E-state index in [0.29, 0.717) is 11.6 Å². The SMILES string of the molecule is CN(CC(=O)NC1CC1)C(=O)c1ccc2c(c1)CNC2. The number of amides is 2. The molecule has 3 rings (SSSR count). The first kappa shape index (κ1) is 13.1. The topological polar surface area (TPSA) is 61.4 Å². The van der Waals surface area contributed by atoms with Crippen LogP contribution in [0.5, 0.6) is 0 Å². The second kappa shape index (κ2) is 5.25. The summed E-state index contributed by atoms with van der Waals surface area (Å²) in [6, 6.07) is 6.08. The third-order valence-electron chi connectivity index (χ3n) is 3.75. The molecule has 1 aromatic rings. The molecule has 5 heteroatoms. The van der Waals surface area contributed by atoms with Crippen molar-refractivity contribution in [1.82, 2.24) is 15.5 Å². The molecular weight excluding hydrogens is 254 g/mol. The van der Waals surface area contributed by atoms with Crippen LogP contribution in [0, 0.1) is 0 Å². The molecule has 106 valence electrons. The van der Waals surface area contributed by atoms with E-state index in [2.05, 4.69) is 10.6 Å². The quantitative estimate of drug-likeness (QED) is 0.846. The maximum atomic E-state index is 12.3. The van der Waals surface area contributed by atoms with Gasteiger partial charge in [-0.2, -0.15) is 0 Å². The summed E-state index contributed by atoms with van der Waals surface area (Å²) in [5.41, 5.74) is 3.07. The molecule has 1 heterocycles. The predicted molar refractivity (Wildman–Crippen MR) is 75.1 cm³/mol. The van der Waals surface area contributed by atoms with Crippen LogP contribution in [0.1, 0.15) is 34.3 Å². The highest BCUT2D eigenvalue weighted by atomic mass is 16.2. The number of benzene rings is 1. The molecule has 1 aliphatic carbocycles. The minimum absolute atomic E-state index is 0.0776. The van der Waals surface area contributed by atoms with Crippen molar-refractivity contribution in [2.75, 3.05) is 13.6 Å². The predicted octanol–water partition coefficient (Wildman–Crippen LogP) is 0.640. The van der Waals surface area contributed by atoms with Gasteiger partial charge in [0, 0.05) is 31.7 Å². The summed E-state index contributed by atoms with van der Waals surface area (Å²) < 4.78 is 0. The van der Waals surface area contributed by atoms with E-state index < -0.39 is 0 Å². The number of likely N-dealkylation sites (N-methyl/N-ethyl adjacent to an activating group) is 1. The highest BCUT2D eigenvalue weighted by Gasteiger charge is 2.24. The maximum Gasteiger partial charge on any atom is 0.254 e. The third-order valence-corrected chi connectivity index (χ3v) is 3.75. The van der Waals surface area contributed by atoms with Crippen LogP contribution in [0.4, 0.5) is 0 Å². The van der Waals surface area contributed by atoms with Gasteiger partial charge in [-0.05, 0) is 36.1 Å². The lowest BCUT2D eigenvalue weighted by molar-refractivity contribution is -0.121. The fraction of sp³-hybridized carbons (Fsp3) is 0.467. The summed E-state index contributed by atoms with van der Waals surface area (Å²) in [4.78, 5) is 25.5. The number of carbonyl (C=O) groups excluding carboxylic acids is 2. The largest absolute Gasteiger partial charge is 0.352 e. The lowest BCUT2D eigenvalue weighted by atomic mass is 10.1. The molecule has 0 atom stereocenters. The molecule has 0 radical (unpaired) electrons. The average molecular weight is 273 g/mol. The summed E-state index contributed by atoms with van der Waals surface area (Å²) >= 11 is 0. The Kier molecular flexibility index (Phi) is 3.44. The first-order chi connectivity index (χ1) is 9.63. The Labute approximate surface area is 118 Å². The van der Waals surface area contributed by atoms with E-state index in [1.807, 2.05) is 18.2 Å². The summed E-state index contributed by atoms with van der Waals surface area (Å²) in [6.45, 7) is 1.79. The van der Waals surface area contributed by atoms with E-state index in [1.54, 1.807) is 7.05 Å². The highest BCUT2D eigenvalue weighted by molar-refractivity contribution is 5.96. The van der Waals surface area contributed by atoms with Crippen molar-refractivity contribution in [3.05, 3.63) is 34.9 Å². The monoisotopic (exact) mass is 273 g/mol. The minimum atomic E-state index is -0.106. The smallest absolute Gasteiger partial charge is 0.254 e. The summed E-state index contributed by atoms with van der Waals surface area (Å²) in [5, 5.41) is 6.14. The van der Waals surface area contributed by atoms with E-state index in [-0.39, 0.29) is 18.4 Å². The van der Waals surface area contributed by atoms with Crippen molar-refractivity contribution in [1.29, 1.82) is 0 Å². The Morgan fingerprint density at radius 3 is 2.80 bits per heavy atom. The number of nitrogens with zero attached hydrogens (tertiary/aromatic N) is 1. The second-order valence-electron chi connectivity index (χ2n) is 5.59. The standard InChI is InChI=1S/C15H19N3O2/c1-18(9-14(19)17-13-4-5-13)15(20)10-2-3-11-7-16-8-12(11)6-10/h2-3,6,13,16H,4-5,7-9H2,1H3,(H,17,19). The number of fused-ring (bicyclic) bond motifs is 1. The highest BCUT2D eigenvalue weighted by Crippen LogP contribution is 2.19. The van der Waals surface area contributed by atoms with Gasteiger partial charge in [-0.3, -0.25) is 9.59 Å². The molecule has 1 aliphatic heterocycles. The Morgan fingerprint density at radius 2 is 2.05 bits per heavy atom. The van der Waals surface area contributed by atoms with Crippen LogP contribution >= 0.6 is 0 Å². The molecular formula is C15H19N3O2. The van der Waals surface area contributed by atoms with Crippen LogP contribution in [-0.2, 0) is 17.9 Å². The summed E-state index contributed by atoms with van der Waals surface area (Å²) in [6.07, 6.45) is 2.11. The van der Waals surface area contributed by atoms with Gasteiger partial charge in [-0.1, -0.05) is 6.07 Å². The Morgan fingerprint density at radius 1 is 1.30 bits per heavy atom. The molecule has 0 spiro atoms. The molecule has 0 bridgehead atoms. The molecule has 20 heavy (non-hydrogen) atoms. The Hall–Kier alpha value is -1.88. The van der Waals surface area contributed by atoms with E-state index in [9.17, 15) is 9.59 Å². The van der Waals surface area contributed by atoms with Crippen molar-refractivity contribution < 1.29 is 9.59 Å². The molecule has 1 fully saturated rings. The van der Waals surface area contributed by atoms with E-state index in [0.717, 1.165) is 25.9 Å². The van der Waals surface area contributed by atoms with Crippen molar-refractivity contribution in [3.63, 3.8) is 0 Å². The van der Waals surface area contributed by atoms with Gasteiger partial charge in [0.25, 0.3) is 5.91 Å². The molecule has 0 unspecified atom stereocenters. The van der Waals surface area contributed by atoms with Gasteiger partial charge in [-0.25, -0.2) is 0 Å². The van der Waals surface area contributed by atoms with Crippen LogP contribution in [0.25, 0.3) is 0 Å². The summed E-state index contributed by atoms with van der Waals surface area (Å²) in [7, 11) is 1.67. The van der Waals surface area contributed by atoms with Crippen LogP contribution in [0.15, 0.2) is 18.2 Å². The van der Waals surface area contributed by atoms with Crippen molar-refractivity contribution in [2.24, 2.45) is 0 Å². The fourth-order valence-corrected chi connectivity index (χ4v) is 2.44. The first-order valence-electron chi connectivity index (χ1n) is 7.01. The van der Waals surface area contributed by atoms with Crippen molar-refractivity contribution in [3.8, 4) is 0 Å². The number of hydrogen-bond donors (Lipinski definition) is 2. The van der Waals surface area contributed by atoms with Gasteiger partial charge in [0.15, 0.2) is 0 Å². The molecule has 0 aromatic heterocycles. The van der Waals surface area contributed by atoms with Crippen LogP contribution in [0.2, 0.25) is 0 Å². The molecule has 5 nitrogen and oxygen atoms in total. The maximum absolute atomic E-state index is 12.3. The van der Waals surface area contributed by atoms with Gasteiger partial charge >= 0.3 is 0 Å². The zero-order chi connectivity index (χ0) is 14.1. The number of hydrogen-bond acceptors (Lipinski definition) is 3. The minimum Gasteiger partial charge on any atom is -0.352 e. The van der Waals surface area contributed by atoms with Gasteiger partial charge in [0.2, 0.25) is 5.91 Å². The number of carbonyl (C=O) groups is 2. The fourth-order valence-electron chi connectivity index (χ4n) is 2.44. The molecule has 2 amide bonds. The Balaban J connectivity index is 1.63. The lowest BCUT2D eigenvalue weighted by Gasteiger charge is -2.17. The van der Waals surface area contributed by atoms with Crippen molar-refractivity contribution >= 4 is 11.8 Å². The van der Waals surface area contributed by atoms with Crippen LogP contribution in [-0.4, -0.2) is 36.3 Å². The lowest BCUT2D eigenvalue weighted by Crippen LogP contribution is -2.39. The molecule has 1 saturated carbocycles. The van der Waals surface area contributed by atoms with Gasteiger partial charge < -0.3 is 15.5 Å². The Bertz CT molecular complexity index is 552. The summed E-state index contributed by atoms with van der Waals surface area (Å²) in [5.74, 6) is -0.183. The van der Waals surface area contributed by atoms with E-state index in [1.165, 1.54) is 16.0 Å². The van der Waals surface area contributed by atoms with E-state index >= 15 is 0 Å². The van der Waals surface area contributed by atoms with Gasteiger partial charge in [0.1, 0.15) is 0 Å². The zero-order valence-corrected chi connectivity index (χ0v) is 11.6. The average Bonchev–Trinajstić information content (AvgIpc) is 3.11. The number of nitrogens with one attached hydrogen (secondary N) is 2. The van der Waals surface area contributed by atoms with Crippen LogP contribution in [0.3, 0.4) is 0 Å². The third kappa shape index (κ3) is 2.82. The first-order valence-corrected chi connectivity index (χ1v) is 7.01. The molecule has 1 aromatic carbocycles. The van der Waals surface area contributed by atoms with Crippen LogP contribution < -0.4 is 10.6 Å². The molecule has 2 N–H and O–H groups in total. The number of rotatable bonds is 4. The van der Waals surface area contributed by atoms with Gasteiger partial charge in [0.05, 0.1) is 6.54 Å². The molecule has 0 saturated heterocycles. The zero-order valence-electron chi connectivity index (χ0n) is 11.6. The normalized spacial score (nSPS) is 16.6. The second-order valence-corrected chi connectivity index (χ2v) is 5.59. The van der Waals surface area contributed by atoms with Gasteiger partial charge in [-0.15, -0.1) is 0 Å². The molecule has 2 aliphatic rings. The van der Waals surface area contributed by atoms with E-state index in [4.69, 9.17) is 0 Å². The van der Waals surface area contributed by atoms with Crippen molar-refractivity contribution in [2.45, 2.75) is 32.0 Å².